The fraction of sp³-hybridized carbons (Fsp3) is 0. The standard InChI is InChI=1S/C15H11NO3/c17-14(13-3-1-2-10-16-13)9-6-11-4-7-12(8-5-11)15(18)19/h1-10H,(H,18,19)/b9-6+. The van der Waals surface area contributed by atoms with Crippen LogP contribution in [-0.2, 0) is 0 Å². The number of nitrogens with zero attached hydrogens (tertiary/aromatic N) is 1. The summed E-state index contributed by atoms with van der Waals surface area (Å²) >= 11 is 0. The number of allylic oxidation sites excluding steroid dienone is 1. The molecule has 1 heterocycles. The lowest BCUT2D eigenvalue weighted by atomic mass is 10.1. The Bertz CT molecular complexity index is 616. The highest BCUT2D eigenvalue weighted by molar-refractivity contribution is 6.05. The van der Waals surface area contributed by atoms with Gasteiger partial charge in [0.2, 0.25) is 5.78 Å². The lowest BCUT2D eigenvalue weighted by molar-refractivity contribution is 0.0696. The molecule has 1 aromatic heterocycles. The fourth-order valence-electron chi connectivity index (χ4n) is 1.50. The van der Waals surface area contributed by atoms with Crippen LogP contribution in [0.25, 0.3) is 6.08 Å². The van der Waals surface area contributed by atoms with E-state index in [4.69, 9.17) is 5.11 Å². The molecule has 1 aromatic carbocycles. The van der Waals surface area contributed by atoms with Crippen molar-refractivity contribution >= 4 is 17.8 Å². The number of aromatic nitrogens is 1. The van der Waals surface area contributed by atoms with Gasteiger partial charge in [-0.1, -0.05) is 24.3 Å². The predicted octanol–water partition coefficient (Wildman–Crippen LogP) is 2.68. The van der Waals surface area contributed by atoms with E-state index in [1.54, 1.807) is 42.6 Å². The first kappa shape index (κ1) is 12.7. The van der Waals surface area contributed by atoms with E-state index in [0.717, 1.165) is 5.56 Å². The summed E-state index contributed by atoms with van der Waals surface area (Å²) in [6, 6.07) is 11.4. The minimum absolute atomic E-state index is 0.192. The second-order valence-corrected chi connectivity index (χ2v) is 3.84. The van der Waals surface area contributed by atoms with Gasteiger partial charge in [0.1, 0.15) is 5.69 Å². The summed E-state index contributed by atoms with van der Waals surface area (Å²) in [6.45, 7) is 0. The molecule has 0 saturated heterocycles. The molecular weight excluding hydrogens is 242 g/mol. The van der Waals surface area contributed by atoms with Crippen LogP contribution in [0.4, 0.5) is 0 Å². The van der Waals surface area contributed by atoms with Crippen LogP contribution in [-0.4, -0.2) is 21.8 Å². The average Bonchev–Trinajstić information content (AvgIpc) is 2.46. The molecule has 19 heavy (non-hydrogen) atoms. The molecule has 0 aliphatic rings. The average molecular weight is 253 g/mol. The second kappa shape index (κ2) is 5.73. The lowest BCUT2D eigenvalue weighted by Crippen LogP contribution is -1.97. The van der Waals surface area contributed by atoms with Crippen molar-refractivity contribution in [2.75, 3.05) is 0 Å². The van der Waals surface area contributed by atoms with E-state index in [2.05, 4.69) is 4.98 Å². The van der Waals surface area contributed by atoms with Crippen LogP contribution >= 0.6 is 0 Å². The van der Waals surface area contributed by atoms with E-state index < -0.39 is 5.97 Å². The number of carbonyl (C=O) groups excluding carboxylic acids is 1. The van der Waals surface area contributed by atoms with Crippen molar-refractivity contribution < 1.29 is 14.7 Å². The maximum Gasteiger partial charge on any atom is 0.335 e. The van der Waals surface area contributed by atoms with Crippen molar-refractivity contribution in [3.63, 3.8) is 0 Å². The number of carboxylic acid groups (broad SMARTS) is 1. The lowest BCUT2D eigenvalue weighted by Gasteiger charge is -1.96. The molecule has 0 atom stereocenters. The number of hydrogen-bond donors (Lipinski definition) is 1. The molecule has 0 fully saturated rings. The van der Waals surface area contributed by atoms with Gasteiger partial charge in [-0.3, -0.25) is 9.78 Å². The summed E-state index contributed by atoms with van der Waals surface area (Å²) in [4.78, 5) is 26.4. The highest BCUT2D eigenvalue weighted by atomic mass is 16.4. The second-order valence-electron chi connectivity index (χ2n) is 3.84. The van der Waals surface area contributed by atoms with Gasteiger partial charge in [0.05, 0.1) is 5.56 Å². The summed E-state index contributed by atoms with van der Waals surface area (Å²) in [7, 11) is 0. The molecular formula is C15H11NO3. The summed E-state index contributed by atoms with van der Waals surface area (Å²) in [5.41, 5.74) is 1.35. The Balaban J connectivity index is 2.10. The maximum atomic E-state index is 11.7. The minimum Gasteiger partial charge on any atom is -0.478 e. The third-order valence-electron chi connectivity index (χ3n) is 2.50. The van der Waals surface area contributed by atoms with Crippen molar-refractivity contribution in [3.8, 4) is 0 Å². The van der Waals surface area contributed by atoms with Crippen LogP contribution in [0.1, 0.15) is 26.4 Å². The number of hydrogen-bond acceptors (Lipinski definition) is 3. The van der Waals surface area contributed by atoms with E-state index in [9.17, 15) is 9.59 Å². The Labute approximate surface area is 110 Å². The molecule has 2 aromatic rings. The van der Waals surface area contributed by atoms with Gasteiger partial charge in [0.25, 0.3) is 0 Å². The Kier molecular flexibility index (Phi) is 3.83. The minimum atomic E-state index is -0.972. The van der Waals surface area contributed by atoms with Gasteiger partial charge in [-0.2, -0.15) is 0 Å². The number of rotatable bonds is 4. The molecule has 0 aliphatic carbocycles. The van der Waals surface area contributed by atoms with Crippen LogP contribution in [0.15, 0.2) is 54.7 Å². The Morgan fingerprint density at radius 2 is 1.79 bits per heavy atom. The van der Waals surface area contributed by atoms with Gasteiger partial charge >= 0.3 is 5.97 Å². The maximum absolute atomic E-state index is 11.7. The van der Waals surface area contributed by atoms with Gasteiger partial charge < -0.3 is 5.11 Å². The van der Waals surface area contributed by atoms with Crippen LogP contribution < -0.4 is 0 Å². The van der Waals surface area contributed by atoms with Gasteiger partial charge in [0.15, 0.2) is 0 Å². The van der Waals surface area contributed by atoms with Crippen molar-refractivity contribution in [1.82, 2.24) is 4.98 Å². The SMILES string of the molecule is O=C(O)c1ccc(/C=C/C(=O)c2ccccn2)cc1. The number of benzene rings is 1. The Morgan fingerprint density at radius 1 is 1.05 bits per heavy atom. The zero-order chi connectivity index (χ0) is 13.7. The molecule has 0 saturated carbocycles. The van der Waals surface area contributed by atoms with Gasteiger partial charge in [0, 0.05) is 6.20 Å². The third kappa shape index (κ3) is 3.35. The number of ketones is 1. The molecule has 4 nitrogen and oxygen atoms in total. The van der Waals surface area contributed by atoms with Crippen LogP contribution in [0.3, 0.4) is 0 Å². The monoisotopic (exact) mass is 253 g/mol. The topological polar surface area (TPSA) is 67.3 Å². The highest BCUT2D eigenvalue weighted by Gasteiger charge is 2.02. The Morgan fingerprint density at radius 3 is 2.37 bits per heavy atom. The van der Waals surface area contributed by atoms with Gasteiger partial charge in [-0.05, 0) is 35.9 Å². The van der Waals surface area contributed by atoms with E-state index in [-0.39, 0.29) is 11.3 Å². The predicted molar refractivity (Wildman–Crippen MR) is 71.0 cm³/mol. The first-order valence-corrected chi connectivity index (χ1v) is 5.63. The summed E-state index contributed by atoms with van der Waals surface area (Å²) in [5.74, 6) is -1.16. The largest absolute Gasteiger partial charge is 0.478 e. The van der Waals surface area contributed by atoms with E-state index >= 15 is 0 Å². The highest BCUT2D eigenvalue weighted by Crippen LogP contribution is 2.07. The number of pyridine rings is 1. The summed E-state index contributed by atoms with van der Waals surface area (Å²) in [6.07, 6.45) is 4.60. The molecule has 94 valence electrons. The number of carboxylic acids is 1. The molecule has 1 N–H and O–H groups in total. The summed E-state index contributed by atoms with van der Waals surface area (Å²) < 4.78 is 0. The first-order valence-electron chi connectivity index (χ1n) is 5.63. The number of carbonyl (C=O) groups is 2. The van der Waals surface area contributed by atoms with Crippen LogP contribution in [0, 0.1) is 0 Å². The molecule has 0 unspecified atom stereocenters. The van der Waals surface area contributed by atoms with Crippen LogP contribution in [0.5, 0.6) is 0 Å². The first-order chi connectivity index (χ1) is 9.16. The van der Waals surface area contributed by atoms with E-state index in [0.29, 0.717) is 5.69 Å². The van der Waals surface area contributed by atoms with E-state index in [1.165, 1.54) is 18.2 Å². The quantitative estimate of drug-likeness (QED) is 0.672. The zero-order valence-corrected chi connectivity index (χ0v) is 9.98. The van der Waals surface area contributed by atoms with Crippen molar-refractivity contribution in [2.24, 2.45) is 0 Å². The molecule has 0 spiro atoms. The fourth-order valence-corrected chi connectivity index (χ4v) is 1.50. The normalized spacial score (nSPS) is 10.5. The molecule has 2 rings (SSSR count). The van der Waals surface area contributed by atoms with Crippen molar-refractivity contribution in [1.29, 1.82) is 0 Å². The van der Waals surface area contributed by atoms with Gasteiger partial charge in [-0.15, -0.1) is 0 Å². The zero-order valence-electron chi connectivity index (χ0n) is 9.98. The molecule has 0 bridgehead atoms. The smallest absolute Gasteiger partial charge is 0.335 e. The van der Waals surface area contributed by atoms with Crippen LogP contribution in [0.2, 0.25) is 0 Å². The Hall–Kier alpha value is -2.75. The molecule has 0 radical (unpaired) electrons. The third-order valence-corrected chi connectivity index (χ3v) is 2.50. The van der Waals surface area contributed by atoms with E-state index in [1.807, 2.05) is 0 Å². The van der Waals surface area contributed by atoms with Gasteiger partial charge in [-0.25, -0.2) is 4.79 Å². The number of aromatic carboxylic acids is 1. The van der Waals surface area contributed by atoms with Crippen molar-refractivity contribution in [2.45, 2.75) is 0 Å². The molecule has 0 amide bonds. The molecule has 0 aliphatic heterocycles. The summed E-state index contributed by atoms with van der Waals surface area (Å²) in [5, 5.41) is 8.76. The molecule has 4 heteroatoms. The van der Waals surface area contributed by atoms with Crippen molar-refractivity contribution in [3.05, 3.63) is 71.6 Å².